The van der Waals surface area contributed by atoms with Gasteiger partial charge in [-0.2, -0.15) is 0 Å². The van der Waals surface area contributed by atoms with Gasteiger partial charge in [-0.15, -0.1) is 11.3 Å². The third-order valence-electron chi connectivity index (χ3n) is 2.15. The van der Waals surface area contributed by atoms with Gasteiger partial charge >= 0.3 is 0 Å². The van der Waals surface area contributed by atoms with Crippen LogP contribution in [0.1, 0.15) is 25.1 Å². The number of hydrogen-bond acceptors (Lipinski definition) is 2. The van der Waals surface area contributed by atoms with Crippen molar-refractivity contribution in [1.82, 2.24) is 5.32 Å². The van der Waals surface area contributed by atoms with Crippen LogP contribution in [-0.4, -0.2) is 13.1 Å². The van der Waals surface area contributed by atoms with Crippen LogP contribution in [0, 0.1) is 0 Å². The highest BCUT2D eigenvalue weighted by atomic mass is 79.9. The molecule has 1 aromatic heterocycles. The number of nitrogens with one attached hydrogen (secondary N) is 1. The summed E-state index contributed by atoms with van der Waals surface area (Å²) < 4.78 is 1.22. The van der Waals surface area contributed by atoms with E-state index in [4.69, 9.17) is 0 Å². The molecule has 0 aliphatic rings. The molecule has 0 radical (unpaired) electrons. The third kappa shape index (κ3) is 5.50. The zero-order valence-electron chi connectivity index (χ0n) is 9.35. The maximum absolute atomic E-state index is 3.48. The van der Waals surface area contributed by atoms with E-state index in [1.807, 2.05) is 11.3 Å². The molecule has 1 heterocycles. The van der Waals surface area contributed by atoms with Crippen LogP contribution in [-0.2, 0) is 6.42 Å². The molecule has 1 rings (SSSR count). The van der Waals surface area contributed by atoms with Crippen LogP contribution in [0.4, 0.5) is 0 Å². The number of thiophene rings is 1. The van der Waals surface area contributed by atoms with E-state index in [2.05, 4.69) is 53.3 Å². The number of allylic oxidation sites excluding steroid dienone is 1. The van der Waals surface area contributed by atoms with Gasteiger partial charge in [0.15, 0.2) is 0 Å². The van der Waals surface area contributed by atoms with Crippen molar-refractivity contribution in [2.75, 3.05) is 13.1 Å². The standard InChI is InChI=1S/C12H18BrNS/c1-3-14-8-4-5-10(2)9-11-6-7-12(13)15-11/h5-7,14H,3-4,8-9H2,1-2H3. The zero-order valence-corrected chi connectivity index (χ0v) is 11.7. The molecule has 0 aliphatic heterocycles. The Morgan fingerprint density at radius 2 is 2.33 bits per heavy atom. The van der Waals surface area contributed by atoms with Crippen molar-refractivity contribution < 1.29 is 0 Å². The second-order valence-corrected chi connectivity index (χ2v) is 6.12. The first-order chi connectivity index (χ1) is 7.22. The van der Waals surface area contributed by atoms with E-state index >= 15 is 0 Å². The Labute approximate surface area is 105 Å². The first kappa shape index (κ1) is 12.9. The fourth-order valence-corrected chi connectivity index (χ4v) is 2.97. The Kier molecular flexibility index (Phi) is 6.22. The molecular weight excluding hydrogens is 270 g/mol. The molecule has 0 atom stereocenters. The molecule has 1 nitrogen and oxygen atoms in total. The summed E-state index contributed by atoms with van der Waals surface area (Å²) in [5.74, 6) is 0. The first-order valence-electron chi connectivity index (χ1n) is 5.33. The van der Waals surface area contributed by atoms with Gasteiger partial charge in [0.2, 0.25) is 0 Å². The Morgan fingerprint density at radius 1 is 1.53 bits per heavy atom. The van der Waals surface area contributed by atoms with Gasteiger partial charge in [0, 0.05) is 11.3 Å². The minimum absolute atomic E-state index is 1.06. The van der Waals surface area contributed by atoms with E-state index in [1.54, 1.807) is 0 Å². The lowest BCUT2D eigenvalue weighted by Gasteiger charge is -2.00. The summed E-state index contributed by atoms with van der Waals surface area (Å²) in [7, 11) is 0. The fraction of sp³-hybridized carbons (Fsp3) is 0.500. The Bertz CT molecular complexity index is 317. The summed E-state index contributed by atoms with van der Waals surface area (Å²) in [4.78, 5) is 1.43. The summed E-state index contributed by atoms with van der Waals surface area (Å²) in [5.41, 5.74) is 1.46. The van der Waals surface area contributed by atoms with E-state index in [0.717, 1.165) is 25.9 Å². The summed E-state index contributed by atoms with van der Waals surface area (Å²) in [6, 6.07) is 4.31. The van der Waals surface area contributed by atoms with Crippen LogP contribution >= 0.6 is 27.3 Å². The maximum Gasteiger partial charge on any atom is 0.0701 e. The summed E-state index contributed by atoms with van der Waals surface area (Å²) in [5, 5.41) is 3.32. The molecule has 15 heavy (non-hydrogen) atoms. The predicted molar refractivity (Wildman–Crippen MR) is 72.6 cm³/mol. The van der Waals surface area contributed by atoms with Gasteiger partial charge in [0.05, 0.1) is 3.79 Å². The lowest BCUT2D eigenvalue weighted by Crippen LogP contribution is -2.13. The molecule has 0 saturated heterocycles. The van der Waals surface area contributed by atoms with Gasteiger partial charge in [0.1, 0.15) is 0 Å². The predicted octanol–water partition coefficient (Wildman–Crippen LogP) is 4.00. The van der Waals surface area contributed by atoms with Gasteiger partial charge in [-0.3, -0.25) is 0 Å². The second kappa shape index (κ2) is 7.20. The van der Waals surface area contributed by atoms with Crippen LogP contribution in [0.3, 0.4) is 0 Å². The molecule has 0 aliphatic carbocycles. The number of halogens is 1. The van der Waals surface area contributed by atoms with Crippen LogP contribution in [0.15, 0.2) is 27.6 Å². The zero-order chi connectivity index (χ0) is 11.1. The van der Waals surface area contributed by atoms with Gasteiger partial charge in [-0.25, -0.2) is 0 Å². The highest BCUT2D eigenvalue weighted by molar-refractivity contribution is 9.11. The van der Waals surface area contributed by atoms with Gasteiger partial charge in [0.25, 0.3) is 0 Å². The minimum atomic E-state index is 1.06. The van der Waals surface area contributed by atoms with Gasteiger partial charge in [-0.1, -0.05) is 18.6 Å². The topological polar surface area (TPSA) is 12.0 Å². The van der Waals surface area contributed by atoms with Crippen LogP contribution < -0.4 is 5.32 Å². The van der Waals surface area contributed by atoms with Crippen molar-refractivity contribution in [3.05, 3.63) is 32.4 Å². The molecule has 1 aromatic rings. The number of hydrogen-bond donors (Lipinski definition) is 1. The molecule has 84 valence electrons. The van der Waals surface area contributed by atoms with Crippen molar-refractivity contribution in [2.45, 2.75) is 26.7 Å². The molecule has 0 fully saturated rings. The summed E-state index contributed by atoms with van der Waals surface area (Å²) in [6.07, 6.45) is 4.55. The minimum Gasteiger partial charge on any atom is -0.317 e. The molecule has 0 bridgehead atoms. The molecule has 0 saturated carbocycles. The average molecular weight is 288 g/mol. The van der Waals surface area contributed by atoms with Gasteiger partial charge < -0.3 is 5.32 Å². The van der Waals surface area contributed by atoms with Crippen molar-refractivity contribution >= 4 is 27.3 Å². The third-order valence-corrected chi connectivity index (χ3v) is 3.77. The monoisotopic (exact) mass is 287 g/mol. The normalized spacial score (nSPS) is 12.1. The lowest BCUT2D eigenvalue weighted by atomic mass is 10.1. The Balaban J connectivity index is 2.31. The maximum atomic E-state index is 3.48. The molecule has 0 unspecified atom stereocenters. The SMILES string of the molecule is CCNCCC=C(C)Cc1ccc(Br)s1. The fourth-order valence-electron chi connectivity index (χ4n) is 1.39. The lowest BCUT2D eigenvalue weighted by molar-refractivity contribution is 0.724. The Hall–Kier alpha value is -0.120. The van der Waals surface area contributed by atoms with Crippen molar-refractivity contribution in [2.24, 2.45) is 0 Å². The van der Waals surface area contributed by atoms with E-state index < -0.39 is 0 Å². The van der Waals surface area contributed by atoms with Crippen molar-refractivity contribution in [3.8, 4) is 0 Å². The van der Waals surface area contributed by atoms with Crippen LogP contribution in [0.25, 0.3) is 0 Å². The van der Waals surface area contributed by atoms with Gasteiger partial charge in [-0.05, 0) is 54.5 Å². The summed E-state index contributed by atoms with van der Waals surface area (Å²) in [6.45, 7) is 6.49. The Morgan fingerprint density at radius 3 is 2.93 bits per heavy atom. The molecular formula is C12H18BrNS. The van der Waals surface area contributed by atoms with E-state index in [0.29, 0.717) is 0 Å². The van der Waals surface area contributed by atoms with E-state index in [-0.39, 0.29) is 0 Å². The molecule has 0 aromatic carbocycles. The largest absolute Gasteiger partial charge is 0.317 e. The molecule has 0 spiro atoms. The van der Waals surface area contributed by atoms with E-state index in [9.17, 15) is 0 Å². The molecule has 3 heteroatoms. The first-order valence-corrected chi connectivity index (χ1v) is 6.94. The quantitative estimate of drug-likeness (QED) is 0.616. The molecule has 1 N–H and O–H groups in total. The van der Waals surface area contributed by atoms with Crippen molar-refractivity contribution in [1.29, 1.82) is 0 Å². The second-order valence-electron chi connectivity index (χ2n) is 3.58. The van der Waals surface area contributed by atoms with E-state index in [1.165, 1.54) is 14.2 Å². The highest BCUT2D eigenvalue weighted by Crippen LogP contribution is 2.24. The summed E-state index contributed by atoms with van der Waals surface area (Å²) >= 11 is 5.30. The number of rotatable bonds is 6. The smallest absolute Gasteiger partial charge is 0.0701 e. The van der Waals surface area contributed by atoms with Crippen LogP contribution in [0.5, 0.6) is 0 Å². The molecule has 0 amide bonds. The van der Waals surface area contributed by atoms with Crippen LogP contribution in [0.2, 0.25) is 0 Å². The van der Waals surface area contributed by atoms with Crippen molar-refractivity contribution in [3.63, 3.8) is 0 Å². The highest BCUT2D eigenvalue weighted by Gasteiger charge is 1.98. The average Bonchev–Trinajstić information content (AvgIpc) is 2.59.